The quantitative estimate of drug-likeness (QED) is 0.718. The largest absolute Gasteiger partial charge is 0.461 e. The molecule has 90 valence electrons. The normalized spacial score (nSPS) is 11.8. The van der Waals surface area contributed by atoms with Gasteiger partial charge in [-0.05, 0) is 24.6 Å². The molecule has 0 amide bonds. The van der Waals surface area contributed by atoms with Crippen molar-refractivity contribution in [2.45, 2.75) is 33.1 Å². The van der Waals surface area contributed by atoms with Crippen LogP contribution in [0.25, 0.3) is 11.6 Å². The van der Waals surface area contributed by atoms with Gasteiger partial charge in [-0.1, -0.05) is 32.4 Å². The van der Waals surface area contributed by atoms with Gasteiger partial charge in [0.1, 0.15) is 5.15 Å². The highest BCUT2D eigenvalue weighted by Crippen LogP contribution is 2.27. The highest BCUT2D eigenvalue weighted by molar-refractivity contribution is 6.29. The van der Waals surface area contributed by atoms with Gasteiger partial charge in [0.05, 0.1) is 12.0 Å². The second kappa shape index (κ2) is 4.15. The van der Waals surface area contributed by atoms with E-state index in [1.54, 1.807) is 12.3 Å². The first-order valence-electron chi connectivity index (χ1n) is 5.47. The second-order valence-corrected chi connectivity index (χ2v) is 5.47. The van der Waals surface area contributed by atoms with Crippen LogP contribution in [0.4, 0.5) is 0 Å². The van der Waals surface area contributed by atoms with Crippen LogP contribution in [0, 0.1) is 6.92 Å². The highest BCUT2D eigenvalue weighted by Gasteiger charge is 2.19. The lowest BCUT2D eigenvalue weighted by atomic mass is 9.92. The molecule has 0 fully saturated rings. The average Bonchev–Trinajstić information content (AvgIpc) is 2.62. The number of furan rings is 1. The topological polar surface area (TPSA) is 38.9 Å². The molecule has 0 N–H and O–H groups in total. The van der Waals surface area contributed by atoms with Gasteiger partial charge in [0.25, 0.3) is 0 Å². The fourth-order valence-electron chi connectivity index (χ4n) is 1.51. The molecule has 2 aromatic heterocycles. The van der Waals surface area contributed by atoms with Crippen LogP contribution in [0.3, 0.4) is 0 Å². The molecule has 0 saturated heterocycles. The monoisotopic (exact) mass is 250 g/mol. The lowest BCUT2D eigenvalue weighted by Crippen LogP contribution is -2.14. The third-order valence-electron chi connectivity index (χ3n) is 2.53. The predicted molar refractivity (Wildman–Crippen MR) is 68.2 cm³/mol. The van der Waals surface area contributed by atoms with Crippen LogP contribution in [-0.4, -0.2) is 9.97 Å². The summed E-state index contributed by atoms with van der Waals surface area (Å²) in [6.07, 6.45) is 1.63. The third-order valence-corrected chi connectivity index (χ3v) is 2.72. The Kier molecular flexibility index (Phi) is 2.96. The molecule has 0 aliphatic heterocycles. The molecule has 17 heavy (non-hydrogen) atoms. The minimum absolute atomic E-state index is 0.0676. The number of rotatable bonds is 1. The van der Waals surface area contributed by atoms with Crippen molar-refractivity contribution in [2.24, 2.45) is 0 Å². The van der Waals surface area contributed by atoms with Gasteiger partial charge in [-0.2, -0.15) is 0 Å². The molecule has 4 heteroatoms. The van der Waals surface area contributed by atoms with Crippen LogP contribution in [0.1, 0.15) is 32.0 Å². The Balaban J connectivity index is 2.57. The summed E-state index contributed by atoms with van der Waals surface area (Å²) in [6.45, 7) is 8.22. The molecule has 2 heterocycles. The van der Waals surface area contributed by atoms with Crippen LogP contribution in [0.5, 0.6) is 0 Å². The summed E-state index contributed by atoms with van der Waals surface area (Å²) < 4.78 is 5.39. The number of hydrogen-bond donors (Lipinski definition) is 0. The second-order valence-electron chi connectivity index (χ2n) is 5.08. The first-order chi connectivity index (χ1) is 7.88. The molecule has 0 aliphatic carbocycles. The Hall–Kier alpha value is -1.35. The van der Waals surface area contributed by atoms with E-state index in [0.29, 0.717) is 16.7 Å². The van der Waals surface area contributed by atoms with Gasteiger partial charge in [-0.15, -0.1) is 0 Å². The molecular weight excluding hydrogens is 236 g/mol. The molecule has 2 rings (SSSR count). The SMILES string of the molecule is Cc1ccoc1-c1nc(Cl)cc(C(C)(C)C)n1. The number of aromatic nitrogens is 2. The number of nitrogens with zero attached hydrogens (tertiary/aromatic N) is 2. The van der Waals surface area contributed by atoms with Crippen LogP contribution < -0.4 is 0 Å². The summed E-state index contributed by atoms with van der Waals surface area (Å²) in [4.78, 5) is 8.73. The maximum Gasteiger partial charge on any atom is 0.197 e. The summed E-state index contributed by atoms with van der Waals surface area (Å²) >= 11 is 6.03. The Morgan fingerprint density at radius 3 is 2.47 bits per heavy atom. The van der Waals surface area contributed by atoms with Gasteiger partial charge in [-0.25, -0.2) is 9.97 Å². The van der Waals surface area contributed by atoms with E-state index in [2.05, 4.69) is 30.7 Å². The number of halogens is 1. The Morgan fingerprint density at radius 1 is 1.24 bits per heavy atom. The molecule has 0 unspecified atom stereocenters. The lowest BCUT2D eigenvalue weighted by Gasteiger charge is -2.18. The van der Waals surface area contributed by atoms with Gasteiger partial charge in [0.2, 0.25) is 0 Å². The van der Waals surface area contributed by atoms with Crippen molar-refractivity contribution in [3.05, 3.63) is 34.8 Å². The molecule has 0 aliphatic rings. The van der Waals surface area contributed by atoms with E-state index in [1.807, 2.05) is 13.0 Å². The van der Waals surface area contributed by atoms with Gasteiger partial charge in [0.15, 0.2) is 11.6 Å². The highest BCUT2D eigenvalue weighted by atomic mass is 35.5. The fourth-order valence-corrected chi connectivity index (χ4v) is 1.69. The van der Waals surface area contributed by atoms with Crippen molar-refractivity contribution in [2.75, 3.05) is 0 Å². The van der Waals surface area contributed by atoms with E-state index in [9.17, 15) is 0 Å². The molecule has 0 spiro atoms. The van der Waals surface area contributed by atoms with Crippen LogP contribution in [0.2, 0.25) is 5.15 Å². The standard InChI is InChI=1S/C13H15ClN2O/c1-8-5-6-17-11(8)12-15-9(13(2,3)4)7-10(14)16-12/h5-7H,1-4H3. The fraction of sp³-hybridized carbons (Fsp3) is 0.385. The minimum atomic E-state index is -0.0676. The zero-order chi connectivity index (χ0) is 12.6. The molecule has 0 atom stereocenters. The zero-order valence-electron chi connectivity index (χ0n) is 10.4. The van der Waals surface area contributed by atoms with Gasteiger partial charge < -0.3 is 4.42 Å². The van der Waals surface area contributed by atoms with Crippen molar-refractivity contribution >= 4 is 11.6 Å². The van der Waals surface area contributed by atoms with E-state index < -0.39 is 0 Å². The molecule has 0 radical (unpaired) electrons. The van der Waals surface area contributed by atoms with E-state index in [-0.39, 0.29) is 5.41 Å². The molecule has 0 aromatic carbocycles. The molecule has 0 bridgehead atoms. The van der Waals surface area contributed by atoms with Crippen molar-refractivity contribution in [3.8, 4) is 11.6 Å². The molecular formula is C13H15ClN2O. The third kappa shape index (κ3) is 2.50. The Labute approximate surface area is 106 Å². The Morgan fingerprint density at radius 2 is 1.94 bits per heavy atom. The summed E-state index contributed by atoms with van der Waals surface area (Å²) in [7, 11) is 0. The maximum atomic E-state index is 6.03. The van der Waals surface area contributed by atoms with Crippen molar-refractivity contribution in [3.63, 3.8) is 0 Å². The minimum Gasteiger partial charge on any atom is -0.461 e. The summed E-state index contributed by atoms with van der Waals surface area (Å²) in [5, 5.41) is 0.440. The summed E-state index contributed by atoms with van der Waals surface area (Å²) in [5.41, 5.74) is 1.84. The van der Waals surface area contributed by atoms with Crippen molar-refractivity contribution < 1.29 is 4.42 Å². The van der Waals surface area contributed by atoms with E-state index >= 15 is 0 Å². The Bertz CT molecular complexity index is 541. The first kappa shape index (κ1) is 12.1. The molecule has 3 nitrogen and oxygen atoms in total. The lowest BCUT2D eigenvalue weighted by molar-refractivity contribution is 0.556. The van der Waals surface area contributed by atoms with Crippen molar-refractivity contribution in [1.29, 1.82) is 0 Å². The van der Waals surface area contributed by atoms with Crippen LogP contribution in [0.15, 0.2) is 22.8 Å². The van der Waals surface area contributed by atoms with Crippen LogP contribution >= 0.6 is 11.6 Å². The van der Waals surface area contributed by atoms with Gasteiger partial charge in [-0.3, -0.25) is 0 Å². The molecule has 2 aromatic rings. The van der Waals surface area contributed by atoms with Crippen LogP contribution in [-0.2, 0) is 5.41 Å². The summed E-state index contributed by atoms with van der Waals surface area (Å²) in [6, 6.07) is 3.68. The maximum absolute atomic E-state index is 6.03. The van der Waals surface area contributed by atoms with Crippen molar-refractivity contribution in [1.82, 2.24) is 9.97 Å². The van der Waals surface area contributed by atoms with E-state index in [1.165, 1.54) is 0 Å². The zero-order valence-corrected chi connectivity index (χ0v) is 11.2. The van der Waals surface area contributed by atoms with E-state index in [0.717, 1.165) is 11.3 Å². The first-order valence-corrected chi connectivity index (χ1v) is 5.85. The number of aryl methyl sites for hydroxylation is 1. The summed E-state index contributed by atoms with van der Waals surface area (Å²) in [5.74, 6) is 1.22. The average molecular weight is 251 g/mol. The van der Waals surface area contributed by atoms with Gasteiger partial charge >= 0.3 is 0 Å². The smallest absolute Gasteiger partial charge is 0.197 e. The molecule has 0 saturated carbocycles. The predicted octanol–water partition coefficient (Wildman–Crippen LogP) is 4.00. The van der Waals surface area contributed by atoms with E-state index in [4.69, 9.17) is 16.0 Å². The number of hydrogen-bond acceptors (Lipinski definition) is 3. The van der Waals surface area contributed by atoms with Gasteiger partial charge in [0, 0.05) is 5.41 Å².